The first kappa shape index (κ1) is 13.8. The van der Waals surface area contributed by atoms with E-state index in [0.717, 1.165) is 18.5 Å². The zero-order valence-corrected chi connectivity index (χ0v) is 12.7. The first-order chi connectivity index (χ1) is 9.65. The Morgan fingerprint density at radius 3 is 2.85 bits per heavy atom. The van der Waals surface area contributed by atoms with Crippen molar-refractivity contribution >= 4 is 5.78 Å². The van der Waals surface area contributed by atoms with Gasteiger partial charge in [0.05, 0.1) is 6.54 Å². The van der Waals surface area contributed by atoms with Crippen molar-refractivity contribution in [3.05, 3.63) is 34.9 Å². The van der Waals surface area contributed by atoms with E-state index in [1.807, 2.05) is 6.07 Å². The van der Waals surface area contributed by atoms with E-state index < -0.39 is 0 Å². The van der Waals surface area contributed by atoms with E-state index in [0.29, 0.717) is 24.3 Å². The molecular weight excluding hydrogens is 246 g/mol. The number of hydrogen-bond acceptors (Lipinski definition) is 2. The first-order valence-corrected chi connectivity index (χ1v) is 8.04. The second-order valence-corrected chi connectivity index (χ2v) is 6.68. The minimum atomic E-state index is 0.298. The van der Waals surface area contributed by atoms with Crippen LogP contribution in [0, 0.1) is 5.92 Å². The molecule has 1 heterocycles. The largest absolute Gasteiger partial charge is 0.293 e. The molecule has 1 aromatic rings. The fourth-order valence-corrected chi connectivity index (χ4v) is 3.82. The number of aryl methyl sites for hydroxylation is 2. The first-order valence-electron chi connectivity index (χ1n) is 8.04. The average molecular weight is 271 g/mol. The molecule has 0 radical (unpaired) electrons. The molecular formula is C18H25NO. The maximum atomic E-state index is 12.5. The van der Waals surface area contributed by atoms with E-state index in [4.69, 9.17) is 0 Å². The predicted octanol–water partition coefficient (Wildman–Crippen LogP) is 3.48. The summed E-state index contributed by atoms with van der Waals surface area (Å²) in [6, 6.07) is 6.94. The molecule has 2 nitrogen and oxygen atoms in total. The van der Waals surface area contributed by atoms with Gasteiger partial charge in [-0.25, -0.2) is 0 Å². The number of fused-ring (bicyclic) bond motifs is 1. The van der Waals surface area contributed by atoms with E-state index in [-0.39, 0.29) is 0 Å². The highest BCUT2D eigenvalue weighted by molar-refractivity contribution is 5.98. The minimum Gasteiger partial charge on any atom is -0.293 e. The fraction of sp³-hybridized carbons (Fsp3) is 0.611. The van der Waals surface area contributed by atoms with Crippen LogP contribution in [0.3, 0.4) is 0 Å². The molecule has 108 valence electrons. The molecule has 1 aliphatic carbocycles. The monoisotopic (exact) mass is 271 g/mol. The van der Waals surface area contributed by atoms with Gasteiger partial charge in [-0.1, -0.05) is 26.0 Å². The minimum absolute atomic E-state index is 0.298. The molecule has 1 unspecified atom stereocenters. The summed E-state index contributed by atoms with van der Waals surface area (Å²) in [7, 11) is 0. The van der Waals surface area contributed by atoms with Gasteiger partial charge in [0.15, 0.2) is 5.78 Å². The molecule has 1 fully saturated rings. The molecule has 0 spiro atoms. The van der Waals surface area contributed by atoms with Gasteiger partial charge in [-0.15, -0.1) is 0 Å². The van der Waals surface area contributed by atoms with Crippen LogP contribution in [0.15, 0.2) is 18.2 Å². The van der Waals surface area contributed by atoms with Gasteiger partial charge in [0.25, 0.3) is 0 Å². The molecule has 0 bridgehead atoms. The van der Waals surface area contributed by atoms with E-state index in [9.17, 15) is 4.79 Å². The summed E-state index contributed by atoms with van der Waals surface area (Å²) in [5.41, 5.74) is 3.76. The van der Waals surface area contributed by atoms with Crippen molar-refractivity contribution < 1.29 is 4.79 Å². The Morgan fingerprint density at radius 2 is 2.05 bits per heavy atom. The van der Waals surface area contributed by atoms with E-state index >= 15 is 0 Å². The molecule has 2 heteroatoms. The van der Waals surface area contributed by atoms with Gasteiger partial charge in [-0.3, -0.25) is 9.69 Å². The summed E-state index contributed by atoms with van der Waals surface area (Å²) < 4.78 is 0. The molecule has 0 aromatic heterocycles. The van der Waals surface area contributed by atoms with Crippen molar-refractivity contribution in [2.45, 2.75) is 52.0 Å². The zero-order valence-electron chi connectivity index (χ0n) is 12.7. The van der Waals surface area contributed by atoms with Crippen LogP contribution < -0.4 is 0 Å². The van der Waals surface area contributed by atoms with E-state index in [2.05, 4.69) is 30.9 Å². The van der Waals surface area contributed by atoms with Crippen LogP contribution in [0.1, 0.15) is 54.6 Å². The maximum absolute atomic E-state index is 12.5. The Bertz CT molecular complexity index is 506. The third-order valence-electron chi connectivity index (χ3n) is 4.95. The van der Waals surface area contributed by atoms with Gasteiger partial charge >= 0.3 is 0 Å². The maximum Gasteiger partial charge on any atom is 0.176 e. The molecule has 20 heavy (non-hydrogen) atoms. The summed E-state index contributed by atoms with van der Waals surface area (Å²) in [5, 5.41) is 0. The number of carbonyl (C=O) groups excluding carboxylic acids is 1. The highest BCUT2D eigenvalue weighted by atomic mass is 16.1. The summed E-state index contributed by atoms with van der Waals surface area (Å²) in [4.78, 5) is 14.9. The molecule has 1 aliphatic heterocycles. The van der Waals surface area contributed by atoms with Gasteiger partial charge in [0.2, 0.25) is 0 Å². The van der Waals surface area contributed by atoms with Crippen molar-refractivity contribution in [3.63, 3.8) is 0 Å². The topological polar surface area (TPSA) is 20.3 Å². The van der Waals surface area contributed by atoms with Gasteiger partial charge in [0.1, 0.15) is 0 Å². The molecule has 1 aromatic carbocycles. The standard InChI is InChI=1S/C18H25NO/c1-13(2)17-7-4-10-19(17)12-18(20)16-9-8-14-5-3-6-15(14)11-16/h8-9,11,13,17H,3-7,10,12H2,1-2H3. The lowest BCUT2D eigenvalue weighted by atomic mass is 10.0. The van der Waals surface area contributed by atoms with Gasteiger partial charge in [0, 0.05) is 11.6 Å². The smallest absolute Gasteiger partial charge is 0.176 e. The summed E-state index contributed by atoms with van der Waals surface area (Å²) >= 11 is 0. The third-order valence-corrected chi connectivity index (χ3v) is 4.95. The SMILES string of the molecule is CC(C)C1CCCN1CC(=O)c1ccc2c(c1)CCC2. The molecule has 0 saturated carbocycles. The van der Waals surface area contributed by atoms with Crippen molar-refractivity contribution in [2.24, 2.45) is 5.92 Å². The number of rotatable bonds is 4. The van der Waals surface area contributed by atoms with Crippen molar-refractivity contribution in [1.82, 2.24) is 4.90 Å². The average Bonchev–Trinajstić information content (AvgIpc) is 3.05. The van der Waals surface area contributed by atoms with E-state index in [1.54, 1.807) is 0 Å². The highest BCUT2D eigenvalue weighted by Crippen LogP contribution is 2.25. The number of nitrogens with zero attached hydrogens (tertiary/aromatic N) is 1. The van der Waals surface area contributed by atoms with Gasteiger partial charge in [-0.05, 0) is 61.8 Å². The molecule has 1 saturated heterocycles. The van der Waals surface area contributed by atoms with Crippen molar-refractivity contribution in [3.8, 4) is 0 Å². The number of carbonyl (C=O) groups is 1. The van der Waals surface area contributed by atoms with Crippen molar-refractivity contribution in [2.75, 3.05) is 13.1 Å². The van der Waals surface area contributed by atoms with Crippen LogP contribution in [-0.4, -0.2) is 29.8 Å². The Labute approximate surface area is 122 Å². The third kappa shape index (κ3) is 2.67. The molecule has 2 aliphatic rings. The fourth-order valence-electron chi connectivity index (χ4n) is 3.82. The number of likely N-dealkylation sites (tertiary alicyclic amines) is 1. The zero-order chi connectivity index (χ0) is 14.1. The lowest BCUT2D eigenvalue weighted by Crippen LogP contribution is -2.37. The van der Waals surface area contributed by atoms with Gasteiger partial charge in [-0.2, -0.15) is 0 Å². The number of ketones is 1. The molecule has 0 N–H and O–H groups in total. The lowest BCUT2D eigenvalue weighted by Gasteiger charge is -2.26. The molecule has 1 atom stereocenters. The summed E-state index contributed by atoms with van der Waals surface area (Å²) in [6.45, 7) is 6.22. The van der Waals surface area contributed by atoms with Crippen molar-refractivity contribution in [1.29, 1.82) is 0 Å². The summed E-state index contributed by atoms with van der Waals surface area (Å²) in [6.07, 6.45) is 6.06. The van der Waals surface area contributed by atoms with Crippen LogP contribution >= 0.6 is 0 Å². The van der Waals surface area contributed by atoms with Crippen LogP contribution in [0.2, 0.25) is 0 Å². The Kier molecular flexibility index (Phi) is 3.93. The number of hydrogen-bond donors (Lipinski definition) is 0. The van der Waals surface area contributed by atoms with Crippen LogP contribution in [0.4, 0.5) is 0 Å². The van der Waals surface area contributed by atoms with Crippen LogP contribution in [0.25, 0.3) is 0 Å². The quantitative estimate of drug-likeness (QED) is 0.781. The summed E-state index contributed by atoms with van der Waals surface area (Å²) in [5.74, 6) is 0.942. The second-order valence-electron chi connectivity index (χ2n) is 6.68. The predicted molar refractivity (Wildman–Crippen MR) is 82.2 cm³/mol. The number of Topliss-reactive ketones (excluding diaryl/α,β-unsaturated/α-hetero) is 1. The highest BCUT2D eigenvalue weighted by Gasteiger charge is 2.28. The van der Waals surface area contributed by atoms with Gasteiger partial charge < -0.3 is 0 Å². The Morgan fingerprint density at radius 1 is 1.25 bits per heavy atom. The Balaban J connectivity index is 1.70. The van der Waals surface area contributed by atoms with Crippen LogP contribution in [0.5, 0.6) is 0 Å². The van der Waals surface area contributed by atoms with E-state index in [1.165, 1.54) is 36.8 Å². The molecule has 0 amide bonds. The number of benzene rings is 1. The van der Waals surface area contributed by atoms with Crippen LogP contribution in [-0.2, 0) is 12.8 Å². The Hall–Kier alpha value is -1.15. The molecule has 3 rings (SSSR count). The normalized spacial score (nSPS) is 22.4. The second kappa shape index (κ2) is 5.69. The lowest BCUT2D eigenvalue weighted by molar-refractivity contribution is 0.0904.